The fraction of sp³-hybridized carbons (Fsp3) is 0.143. The molecule has 1 aromatic carbocycles. The first-order chi connectivity index (χ1) is 7.26. The Morgan fingerprint density at radius 2 is 1.93 bits per heavy atom. The Morgan fingerprint density at radius 1 is 1.27 bits per heavy atom. The molecule has 1 rings (SSSR count). The fourth-order valence-corrected chi connectivity index (χ4v) is 2.06. The van der Waals surface area contributed by atoms with Crippen molar-refractivity contribution in [2.45, 2.75) is 18.7 Å². The largest absolute Gasteiger partial charge is 0.0990 e. The van der Waals surface area contributed by atoms with Crippen molar-refractivity contribution >= 4 is 11.8 Å². The van der Waals surface area contributed by atoms with Gasteiger partial charge in [-0.1, -0.05) is 54.3 Å². The second kappa shape index (κ2) is 6.31. The van der Waals surface area contributed by atoms with Gasteiger partial charge in [-0.25, -0.2) is 0 Å². The smallest absolute Gasteiger partial charge is 0.0122 e. The maximum atomic E-state index is 3.71. The molecule has 0 fully saturated rings. The maximum absolute atomic E-state index is 3.71. The van der Waals surface area contributed by atoms with E-state index in [-0.39, 0.29) is 0 Å². The van der Waals surface area contributed by atoms with Crippen LogP contribution in [-0.4, -0.2) is 0 Å². The van der Waals surface area contributed by atoms with Crippen molar-refractivity contribution in [3.63, 3.8) is 0 Å². The Labute approximate surface area is 96.4 Å². The minimum absolute atomic E-state index is 1.20. The van der Waals surface area contributed by atoms with E-state index in [1.165, 1.54) is 15.4 Å². The molecule has 0 aromatic heterocycles. The summed E-state index contributed by atoms with van der Waals surface area (Å²) in [5.74, 6) is 0. The van der Waals surface area contributed by atoms with Crippen LogP contribution in [0.2, 0.25) is 0 Å². The second-order valence-corrected chi connectivity index (χ2v) is 4.37. The van der Waals surface area contributed by atoms with Crippen molar-refractivity contribution in [2.75, 3.05) is 0 Å². The topological polar surface area (TPSA) is 0 Å². The molecule has 0 unspecified atom stereocenters. The van der Waals surface area contributed by atoms with Gasteiger partial charge in [-0.2, -0.15) is 0 Å². The lowest BCUT2D eigenvalue weighted by molar-refractivity contribution is 1.38. The van der Waals surface area contributed by atoms with Crippen LogP contribution in [0, 0.1) is 6.92 Å². The average molecular weight is 216 g/mol. The zero-order valence-corrected chi connectivity index (χ0v) is 10.1. The Kier molecular flexibility index (Phi) is 4.99. The van der Waals surface area contributed by atoms with E-state index >= 15 is 0 Å². The van der Waals surface area contributed by atoms with E-state index in [1.54, 1.807) is 11.8 Å². The number of hydrogen-bond acceptors (Lipinski definition) is 1. The molecule has 0 spiro atoms. The maximum Gasteiger partial charge on any atom is 0.0122 e. The summed E-state index contributed by atoms with van der Waals surface area (Å²) in [4.78, 5) is 2.46. The molecule has 1 heteroatoms. The Morgan fingerprint density at radius 3 is 2.47 bits per heavy atom. The van der Waals surface area contributed by atoms with Crippen LogP contribution in [0.25, 0.3) is 0 Å². The van der Waals surface area contributed by atoms with Crippen molar-refractivity contribution in [1.29, 1.82) is 0 Å². The van der Waals surface area contributed by atoms with Crippen molar-refractivity contribution in [1.82, 2.24) is 0 Å². The predicted octanol–water partition coefficient (Wildman–Crippen LogP) is 4.73. The van der Waals surface area contributed by atoms with Crippen LogP contribution in [0.4, 0.5) is 0 Å². The lowest BCUT2D eigenvalue weighted by Gasteiger charge is -2.02. The number of thioether (sulfide) groups is 1. The summed E-state index contributed by atoms with van der Waals surface area (Å²) in [6, 6.07) is 8.54. The SMILES string of the molecule is C=C/C=C(\C=C/C)Sc1ccc(C)cc1. The van der Waals surface area contributed by atoms with Crippen LogP contribution in [-0.2, 0) is 0 Å². The van der Waals surface area contributed by atoms with Gasteiger partial charge in [0, 0.05) is 9.80 Å². The van der Waals surface area contributed by atoms with Gasteiger partial charge in [0.15, 0.2) is 0 Å². The highest BCUT2D eigenvalue weighted by Crippen LogP contribution is 2.27. The first-order valence-corrected chi connectivity index (χ1v) is 5.78. The molecule has 0 nitrogen and oxygen atoms in total. The normalized spacial score (nSPS) is 12.0. The van der Waals surface area contributed by atoms with E-state index in [2.05, 4.69) is 43.8 Å². The molecule has 0 bridgehead atoms. The van der Waals surface area contributed by atoms with Gasteiger partial charge in [-0.05, 0) is 32.1 Å². The van der Waals surface area contributed by atoms with Crippen LogP contribution < -0.4 is 0 Å². The van der Waals surface area contributed by atoms with E-state index in [4.69, 9.17) is 0 Å². The molecule has 0 aliphatic heterocycles. The van der Waals surface area contributed by atoms with Gasteiger partial charge in [-0.15, -0.1) is 0 Å². The quantitative estimate of drug-likeness (QED) is 0.518. The van der Waals surface area contributed by atoms with Crippen LogP contribution in [0.1, 0.15) is 12.5 Å². The minimum Gasteiger partial charge on any atom is -0.0990 e. The zero-order valence-electron chi connectivity index (χ0n) is 9.23. The highest BCUT2D eigenvalue weighted by Gasteiger charge is 1.95. The van der Waals surface area contributed by atoms with Gasteiger partial charge >= 0.3 is 0 Å². The Hall–Kier alpha value is -1.21. The summed E-state index contributed by atoms with van der Waals surface area (Å²) in [7, 11) is 0. The van der Waals surface area contributed by atoms with E-state index < -0.39 is 0 Å². The van der Waals surface area contributed by atoms with Crippen molar-refractivity contribution in [3.8, 4) is 0 Å². The molecule has 0 amide bonds. The number of aryl methyl sites for hydroxylation is 1. The predicted molar refractivity (Wildman–Crippen MR) is 70.1 cm³/mol. The number of benzene rings is 1. The molecule has 0 aliphatic carbocycles. The zero-order chi connectivity index (χ0) is 11.1. The summed E-state index contributed by atoms with van der Waals surface area (Å²) in [5.41, 5.74) is 1.29. The van der Waals surface area contributed by atoms with Gasteiger partial charge in [0.1, 0.15) is 0 Å². The van der Waals surface area contributed by atoms with Gasteiger partial charge in [0.25, 0.3) is 0 Å². The molecule has 78 valence electrons. The van der Waals surface area contributed by atoms with E-state index in [0.29, 0.717) is 0 Å². The van der Waals surface area contributed by atoms with E-state index in [1.807, 2.05) is 25.2 Å². The lowest BCUT2D eigenvalue weighted by atomic mass is 10.2. The van der Waals surface area contributed by atoms with Crippen molar-refractivity contribution < 1.29 is 0 Å². The molecule has 0 saturated heterocycles. The highest BCUT2D eigenvalue weighted by atomic mass is 32.2. The number of hydrogen-bond donors (Lipinski definition) is 0. The standard InChI is InChI=1S/C14H16S/c1-4-6-13(7-5-2)15-14-10-8-12(3)9-11-14/h4-11H,1H2,2-3H3/b7-5-,13-6+. The van der Waals surface area contributed by atoms with Gasteiger partial charge < -0.3 is 0 Å². The summed E-state index contributed by atoms with van der Waals surface area (Å²) in [6.07, 6.45) is 7.96. The third-order valence-electron chi connectivity index (χ3n) is 1.87. The molecule has 0 heterocycles. The molecule has 0 radical (unpaired) electrons. The summed E-state index contributed by atoms with van der Waals surface area (Å²) >= 11 is 1.75. The Bertz CT molecular complexity index is 369. The minimum atomic E-state index is 1.20. The second-order valence-electron chi connectivity index (χ2n) is 3.22. The van der Waals surface area contributed by atoms with Crippen LogP contribution in [0.3, 0.4) is 0 Å². The first-order valence-electron chi connectivity index (χ1n) is 4.96. The summed E-state index contributed by atoms with van der Waals surface area (Å²) in [5, 5.41) is 0. The molecule has 0 N–H and O–H groups in total. The van der Waals surface area contributed by atoms with Gasteiger partial charge in [-0.3, -0.25) is 0 Å². The van der Waals surface area contributed by atoms with E-state index in [0.717, 1.165) is 0 Å². The third-order valence-corrected chi connectivity index (χ3v) is 2.89. The van der Waals surface area contributed by atoms with Crippen LogP contribution in [0.5, 0.6) is 0 Å². The molecule has 0 atom stereocenters. The molecule has 1 aromatic rings. The number of rotatable bonds is 4. The van der Waals surface area contributed by atoms with Crippen LogP contribution >= 0.6 is 11.8 Å². The van der Waals surface area contributed by atoms with Crippen molar-refractivity contribution in [2.24, 2.45) is 0 Å². The van der Waals surface area contributed by atoms with Gasteiger partial charge in [0.2, 0.25) is 0 Å². The average Bonchev–Trinajstić information content (AvgIpc) is 2.22. The van der Waals surface area contributed by atoms with Crippen LogP contribution in [0.15, 0.2) is 64.9 Å². The van der Waals surface area contributed by atoms with Gasteiger partial charge in [0.05, 0.1) is 0 Å². The summed E-state index contributed by atoms with van der Waals surface area (Å²) in [6.45, 7) is 7.83. The lowest BCUT2D eigenvalue weighted by Crippen LogP contribution is -1.75. The molecule has 0 aliphatic rings. The monoisotopic (exact) mass is 216 g/mol. The Balaban J connectivity index is 2.78. The fourth-order valence-electron chi connectivity index (χ4n) is 1.15. The molecule has 0 saturated carbocycles. The molecule has 15 heavy (non-hydrogen) atoms. The highest BCUT2D eigenvalue weighted by molar-refractivity contribution is 8.03. The first kappa shape index (κ1) is 11.9. The third kappa shape index (κ3) is 4.22. The number of allylic oxidation sites excluding steroid dienone is 4. The summed E-state index contributed by atoms with van der Waals surface area (Å²) < 4.78 is 0. The van der Waals surface area contributed by atoms with Crippen molar-refractivity contribution in [3.05, 3.63) is 65.6 Å². The molecular weight excluding hydrogens is 200 g/mol. The molecular formula is C14H16S. The van der Waals surface area contributed by atoms with E-state index in [9.17, 15) is 0 Å².